The second-order valence-corrected chi connectivity index (χ2v) is 5.25. The van der Waals surface area contributed by atoms with Gasteiger partial charge in [-0.15, -0.1) is 0 Å². The standard InChI is InChI=1S/C16H14N4O3/c1-10(21)15-17-12-4-2-3-5-13(12)20(15)8-14-18-16(23-19-14)11-6-7-22-9-11/h2-7,9-10,21H,8H2,1H3. The smallest absolute Gasteiger partial charge is 0.261 e. The Kier molecular flexibility index (Phi) is 3.20. The summed E-state index contributed by atoms with van der Waals surface area (Å²) in [5.41, 5.74) is 2.47. The summed E-state index contributed by atoms with van der Waals surface area (Å²) in [5, 5.41) is 14.0. The molecule has 0 saturated carbocycles. The number of para-hydroxylation sites is 2. The monoisotopic (exact) mass is 310 g/mol. The zero-order valence-corrected chi connectivity index (χ0v) is 12.4. The predicted molar refractivity (Wildman–Crippen MR) is 81.5 cm³/mol. The maximum absolute atomic E-state index is 9.98. The van der Waals surface area contributed by atoms with Gasteiger partial charge in [0.1, 0.15) is 18.2 Å². The van der Waals surface area contributed by atoms with Gasteiger partial charge in [0.2, 0.25) is 0 Å². The number of rotatable bonds is 4. The topological polar surface area (TPSA) is 90.1 Å². The quantitative estimate of drug-likeness (QED) is 0.623. The summed E-state index contributed by atoms with van der Waals surface area (Å²) < 4.78 is 12.2. The molecule has 116 valence electrons. The van der Waals surface area contributed by atoms with Crippen molar-refractivity contribution in [1.82, 2.24) is 19.7 Å². The van der Waals surface area contributed by atoms with Gasteiger partial charge in [-0.1, -0.05) is 17.3 Å². The van der Waals surface area contributed by atoms with Crippen LogP contribution in [0.2, 0.25) is 0 Å². The Hall–Kier alpha value is -2.93. The average Bonchev–Trinajstić information content (AvgIpc) is 3.26. The summed E-state index contributed by atoms with van der Waals surface area (Å²) in [5.74, 6) is 1.48. The summed E-state index contributed by atoms with van der Waals surface area (Å²) in [4.78, 5) is 8.84. The SMILES string of the molecule is CC(O)c1nc2ccccc2n1Cc1noc(-c2ccoc2)n1. The van der Waals surface area contributed by atoms with Crippen molar-refractivity contribution in [2.24, 2.45) is 0 Å². The summed E-state index contributed by atoms with van der Waals surface area (Å²) in [6.07, 6.45) is 2.40. The van der Waals surface area contributed by atoms with Gasteiger partial charge in [0.15, 0.2) is 5.82 Å². The van der Waals surface area contributed by atoms with Gasteiger partial charge < -0.3 is 18.6 Å². The third kappa shape index (κ3) is 2.40. The molecule has 0 aliphatic carbocycles. The Morgan fingerprint density at radius 2 is 2.09 bits per heavy atom. The highest BCUT2D eigenvalue weighted by Gasteiger charge is 2.17. The summed E-state index contributed by atoms with van der Waals surface area (Å²) in [6, 6.07) is 9.46. The molecule has 3 heterocycles. The normalized spacial score (nSPS) is 12.8. The molecule has 1 unspecified atom stereocenters. The number of hydrogen-bond donors (Lipinski definition) is 1. The van der Waals surface area contributed by atoms with Gasteiger partial charge in [-0.25, -0.2) is 4.98 Å². The van der Waals surface area contributed by atoms with Crippen LogP contribution < -0.4 is 0 Å². The molecule has 1 N–H and O–H groups in total. The van der Waals surface area contributed by atoms with Crippen molar-refractivity contribution >= 4 is 11.0 Å². The number of benzene rings is 1. The van der Waals surface area contributed by atoms with Crippen molar-refractivity contribution < 1.29 is 14.0 Å². The first-order valence-electron chi connectivity index (χ1n) is 7.21. The molecule has 4 rings (SSSR count). The number of nitrogens with zero attached hydrogens (tertiary/aromatic N) is 4. The molecule has 0 spiro atoms. The van der Waals surface area contributed by atoms with Crippen molar-refractivity contribution in [3.8, 4) is 11.5 Å². The van der Waals surface area contributed by atoms with Gasteiger partial charge in [0.05, 0.1) is 29.4 Å². The van der Waals surface area contributed by atoms with Crippen LogP contribution >= 0.6 is 0 Å². The first-order chi connectivity index (χ1) is 11.2. The molecule has 1 atom stereocenters. The van der Waals surface area contributed by atoms with Gasteiger partial charge >= 0.3 is 0 Å². The van der Waals surface area contributed by atoms with E-state index in [4.69, 9.17) is 8.94 Å². The highest BCUT2D eigenvalue weighted by Crippen LogP contribution is 2.23. The fourth-order valence-corrected chi connectivity index (χ4v) is 2.54. The van der Waals surface area contributed by atoms with E-state index in [9.17, 15) is 5.11 Å². The first kappa shape index (κ1) is 13.7. The molecule has 0 aliphatic rings. The van der Waals surface area contributed by atoms with Crippen molar-refractivity contribution in [1.29, 1.82) is 0 Å². The van der Waals surface area contributed by atoms with Gasteiger partial charge in [-0.05, 0) is 25.1 Å². The molecule has 7 nitrogen and oxygen atoms in total. The molecule has 0 saturated heterocycles. The Labute approximate surface area is 131 Å². The largest absolute Gasteiger partial charge is 0.472 e. The number of aromatic nitrogens is 4. The van der Waals surface area contributed by atoms with Crippen LogP contribution in [0, 0.1) is 0 Å². The van der Waals surface area contributed by atoms with Crippen LogP contribution in [0.4, 0.5) is 0 Å². The van der Waals surface area contributed by atoms with Gasteiger partial charge in [-0.3, -0.25) is 0 Å². The molecule has 23 heavy (non-hydrogen) atoms. The molecule has 4 aromatic rings. The lowest BCUT2D eigenvalue weighted by atomic mass is 10.3. The lowest BCUT2D eigenvalue weighted by Crippen LogP contribution is -2.09. The maximum atomic E-state index is 9.98. The molecule has 7 heteroatoms. The van der Waals surface area contributed by atoms with Crippen molar-refractivity contribution in [3.63, 3.8) is 0 Å². The van der Waals surface area contributed by atoms with E-state index >= 15 is 0 Å². The van der Waals surface area contributed by atoms with Gasteiger partial charge in [-0.2, -0.15) is 4.98 Å². The molecule has 0 bridgehead atoms. The van der Waals surface area contributed by atoms with E-state index in [0.29, 0.717) is 24.1 Å². The molecular weight excluding hydrogens is 296 g/mol. The van der Waals surface area contributed by atoms with Crippen molar-refractivity contribution in [2.75, 3.05) is 0 Å². The van der Waals surface area contributed by atoms with E-state index in [1.54, 1.807) is 25.5 Å². The van der Waals surface area contributed by atoms with E-state index in [1.807, 2.05) is 28.8 Å². The number of imidazole rings is 1. The zero-order valence-electron chi connectivity index (χ0n) is 12.4. The fraction of sp³-hybridized carbons (Fsp3) is 0.188. The predicted octanol–water partition coefficient (Wildman–Crippen LogP) is 2.78. The van der Waals surface area contributed by atoms with Crippen LogP contribution in [0.1, 0.15) is 24.7 Å². The molecule has 0 aliphatic heterocycles. The van der Waals surface area contributed by atoms with E-state index in [0.717, 1.165) is 16.6 Å². The minimum atomic E-state index is -0.692. The van der Waals surface area contributed by atoms with Crippen molar-refractivity contribution in [3.05, 3.63) is 54.5 Å². The molecule has 1 aromatic carbocycles. The van der Waals surface area contributed by atoms with E-state index in [2.05, 4.69) is 15.1 Å². The molecule has 0 radical (unpaired) electrons. The van der Waals surface area contributed by atoms with E-state index < -0.39 is 6.10 Å². The number of aliphatic hydroxyl groups is 1. The fourth-order valence-electron chi connectivity index (χ4n) is 2.54. The van der Waals surface area contributed by atoms with Crippen LogP contribution in [-0.4, -0.2) is 24.8 Å². The third-order valence-electron chi connectivity index (χ3n) is 3.59. The second kappa shape index (κ2) is 5.36. The van der Waals surface area contributed by atoms with Crippen LogP contribution in [0.3, 0.4) is 0 Å². The molecule has 3 aromatic heterocycles. The summed E-state index contributed by atoms with van der Waals surface area (Å²) >= 11 is 0. The second-order valence-electron chi connectivity index (χ2n) is 5.25. The Morgan fingerprint density at radius 1 is 1.22 bits per heavy atom. The number of furan rings is 1. The number of fused-ring (bicyclic) bond motifs is 1. The van der Waals surface area contributed by atoms with Crippen LogP contribution in [0.5, 0.6) is 0 Å². The molecular formula is C16H14N4O3. The molecule has 0 fully saturated rings. The van der Waals surface area contributed by atoms with Crippen LogP contribution in [0.15, 0.2) is 51.8 Å². The summed E-state index contributed by atoms with van der Waals surface area (Å²) in [6.45, 7) is 2.05. The maximum Gasteiger partial charge on any atom is 0.261 e. The number of hydrogen-bond acceptors (Lipinski definition) is 6. The number of aliphatic hydroxyl groups excluding tert-OH is 1. The first-order valence-corrected chi connectivity index (χ1v) is 7.21. The van der Waals surface area contributed by atoms with Gasteiger partial charge in [0, 0.05) is 0 Å². The Bertz CT molecular complexity index is 937. The minimum absolute atomic E-state index is 0.363. The van der Waals surface area contributed by atoms with Gasteiger partial charge in [0.25, 0.3) is 5.89 Å². The van der Waals surface area contributed by atoms with Crippen LogP contribution in [0.25, 0.3) is 22.5 Å². The third-order valence-corrected chi connectivity index (χ3v) is 3.59. The lowest BCUT2D eigenvalue weighted by molar-refractivity contribution is 0.185. The van der Waals surface area contributed by atoms with E-state index in [-0.39, 0.29) is 0 Å². The molecule has 0 amide bonds. The van der Waals surface area contributed by atoms with Crippen LogP contribution in [-0.2, 0) is 6.54 Å². The summed E-state index contributed by atoms with van der Waals surface area (Å²) in [7, 11) is 0. The highest BCUT2D eigenvalue weighted by molar-refractivity contribution is 5.76. The van der Waals surface area contributed by atoms with E-state index in [1.165, 1.54) is 0 Å². The Morgan fingerprint density at radius 3 is 2.87 bits per heavy atom. The average molecular weight is 310 g/mol. The van der Waals surface area contributed by atoms with Crippen molar-refractivity contribution in [2.45, 2.75) is 19.6 Å². The Balaban J connectivity index is 1.74. The minimum Gasteiger partial charge on any atom is -0.472 e. The zero-order chi connectivity index (χ0) is 15.8. The highest BCUT2D eigenvalue weighted by atomic mass is 16.5. The lowest BCUT2D eigenvalue weighted by Gasteiger charge is -2.08.